The van der Waals surface area contributed by atoms with Crippen LogP contribution < -0.4 is 5.56 Å². The van der Waals surface area contributed by atoms with E-state index in [0.717, 1.165) is 31.4 Å². The van der Waals surface area contributed by atoms with Crippen LogP contribution in [0.2, 0.25) is 0 Å². The van der Waals surface area contributed by atoms with Crippen LogP contribution >= 0.6 is 0 Å². The summed E-state index contributed by atoms with van der Waals surface area (Å²) in [5.74, 6) is 0.427. The minimum absolute atomic E-state index is 0.0150. The summed E-state index contributed by atoms with van der Waals surface area (Å²) in [6.45, 7) is 1.05. The molecule has 1 amide bonds. The van der Waals surface area contributed by atoms with Crippen LogP contribution in [0.3, 0.4) is 0 Å². The fraction of sp³-hybridized carbons (Fsp3) is 0.414. The van der Waals surface area contributed by atoms with Crippen molar-refractivity contribution in [2.75, 3.05) is 13.1 Å². The Kier molecular flexibility index (Phi) is 6.53. The van der Waals surface area contributed by atoms with Crippen molar-refractivity contribution in [3.63, 3.8) is 0 Å². The summed E-state index contributed by atoms with van der Waals surface area (Å²) in [5.41, 5.74) is 1.11. The largest absolute Gasteiger partial charge is 0.388 e. The van der Waals surface area contributed by atoms with E-state index in [1.54, 1.807) is 0 Å². The molecule has 9 nitrogen and oxygen atoms in total. The first-order chi connectivity index (χ1) is 18.5. The lowest BCUT2D eigenvalue weighted by atomic mass is 9.74. The predicted octanol–water partition coefficient (Wildman–Crippen LogP) is 3.30. The number of benzene rings is 2. The van der Waals surface area contributed by atoms with Gasteiger partial charge in [-0.25, -0.2) is 4.98 Å². The van der Waals surface area contributed by atoms with Crippen LogP contribution in [-0.2, 0) is 11.3 Å². The summed E-state index contributed by atoms with van der Waals surface area (Å²) in [7, 11) is 0. The molecule has 1 N–H and O–H groups in total. The van der Waals surface area contributed by atoms with Crippen molar-refractivity contribution < 1.29 is 9.90 Å². The highest BCUT2D eigenvalue weighted by Crippen LogP contribution is 2.39. The van der Waals surface area contributed by atoms with E-state index in [-0.39, 0.29) is 35.4 Å². The first-order valence-electron chi connectivity index (χ1n) is 13.4. The summed E-state index contributed by atoms with van der Waals surface area (Å²) in [5, 5.41) is 19.6. The van der Waals surface area contributed by atoms with Crippen molar-refractivity contribution in [3.05, 3.63) is 82.9 Å². The standard InChI is InChI=1S/C29H32N6O3/c36-27(24-14-8-7-13-23(24)21-9-3-1-4-10-21)33-17-15-29(38,16-18-33)19-34-20-30-26-25(28(34)37)31-32-35(26)22-11-5-2-6-12-22/h1-6,9-12,20,23-24,38H,7-8,13-19H2/t23-,24+/m1/s1. The molecular formula is C29H32N6O3. The summed E-state index contributed by atoms with van der Waals surface area (Å²) >= 11 is 0. The average Bonchev–Trinajstić information content (AvgIpc) is 3.40. The number of likely N-dealkylation sites (tertiary alicyclic amines) is 1. The van der Waals surface area contributed by atoms with Gasteiger partial charge in [0.05, 0.1) is 17.8 Å². The second-order valence-corrected chi connectivity index (χ2v) is 10.6. The molecule has 6 rings (SSSR count). The molecular weight excluding hydrogens is 480 g/mol. The molecule has 3 heterocycles. The number of aromatic nitrogens is 5. The van der Waals surface area contributed by atoms with Crippen molar-refractivity contribution in [1.29, 1.82) is 0 Å². The third-order valence-electron chi connectivity index (χ3n) is 8.21. The van der Waals surface area contributed by atoms with Gasteiger partial charge in [0.1, 0.15) is 6.33 Å². The number of carbonyl (C=O) groups is 1. The third-order valence-corrected chi connectivity index (χ3v) is 8.21. The van der Waals surface area contributed by atoms with Crippen molar-refractivity contribution in [2.45, 2.75) is 56.6 Å². The number of nitrogens with zero attached hydrogens (tertiary/aromatic N) is 6. The smallest absolute Gasteiger partial charge is 0.283 e. The molecule has 0 bridgehead atoms. The zero-order valence-corrected chi connectivity index (χ0v) is 21.3. The molecule has 1 aliphatic heterocycles. The zero-order valence-electron chi connectivity index (χ0n) is 21.3. The van der Waals surface area contributed by atoms with Crippen LogP contribution in [0.25, 0.3) is 16.9 Å². The van der Waals surface area contributed by atoms with E-state index in [0.29, 0.717) is 31.6 Å². The van der Waals surface area contributed by atoms with Crippen LogP contribution in [0.4, 0.5) is 0 Å². The maximum Gasteiger partial charge on any atom is 0.283 e. The maximum atomic E-state index is 13.6. The van der Waals surface area contributed by atoms with Crippen molar-refractivity contribution >= 4 is 17.1 Å². The Balaban J connectivity index is 1.15. The van der Waals surface area contributed by atoms with Crippen LogP contribution in [0, 0.1) is 5.92 Å². The Hall–Kier alpha value is -3.85. The van der Waals surface area contributed by atoms with Gasteiger partial charge in [-0.05, 0) is 49.3 Å². The molecule has 9 heteroatoms. The number of aliphatic hydroxyl groups is 1. The lowest BCUT2D eigenvalue weighted by Gasteiger charge is -2.41. The number of amides is 1. The number of fused-ring (bicyclic) bond motifs is 1. The highest BCUT2D eigenvalue weighted by atomic mass is 16.3. The van der Waals surface area contributed by atoms with Gasteiger partial charge >= 0.3 is 0 Å². The summed E-state index contributed by atoms with van der Waals surface area (Å²) < 4.78 is 2.95. The predicted molar refractivity (Wildman–Crippen MR) is 143 cm³/mol. The van der Waals surface area contributed by atoms with Crippen molar-refractivity contribution in [1.82, 2.24) is 29.4 Å². The normalized spacial score (nSPS) is 21.4. The molecule has 2 aromatic carbocycles. The number of piperidine rings is 1. The van der Waals surface area contributed by atoms with Gasteiger partial charge < -0.3 is 10.0 Å². The van der Waals surface area contributed by atoms with E-state index in [1.807, 2.05) is 53.4 Å². The molecule has 4 aromatic rings. The SMILES string of the molecule is O=C([C@H]1CCCC[C@@H]1c1ccccc1)N1CCC(O)(Cn2cnc3c(nnn3-c3ccccc3)c2=O)CC1. The van der Waals surface area contributed by atoms with E-state index in [4.69, 9.17) is 0 Å². The molecule has 2 aromatic heterocycles. The van der Waals surface area contributed by atoms with Crippen molar-refractivity contribution in [2.24, 2.45) is 5.92 Å². The first kappa shape index (κ1) is 24.5. The Labute approximate surface area is 220 Å². The van der Waals surface area contributed by atoms with E-state index in [9.17, 15) is 14.7 Å². The minimum Gasteiger partial charge on any atom is -0.388 e. The van der Waals surface area contributed by atoms with Gasteiger partial charge in [0.2, 0.25) is 5.91 Å². The zero-order chi connectivity index (χ0) is 26.1. The fourth-order valence-corrected chi connectivity index (χ4v) is 6.08. The maximum absolute atomic E-state index is 13.6. The van der Waals surface area contributed by atoms with Crippen molar-refractivity contribution in [3.8, 4) is 5.69 Å². The molecule has 0 radical (unpaired) electrons. The average molecular weight is 513 g/mol. The molecule has 196 valence electrons. The summed E-state index contributed by atoms with van der Waals surface area (Å²) in [4.78, 5) is 33.1. The highest BCUT2D eigenvalue weighted by molar-refractivity contribution is 5.80. The fourth-order valence-electron chi connectivity index (χ4n) is 6.08. The van der Waals surface area contributed by atoms with Gasteiger partial charge in [-0.15, -0.1) is 5.10 Å². The number of hydrogen-bond donors (Lipinski definition) is 1. The number of hydrogen-bond acceptors (Lipinski definition) is 6. The Morgan fingerprint density at radius 2 is 1.66 bits per heavy atom. The van der Waals surface area contributed by atoms with Gasteiger partial charge in [0.25, 0.3) is 5.56 Å². The highest BCUT2D eigenvalue weighted by Gasteiger charge is 2.39. The van der Waals surface area contributed by atoms with E-state index in [2.05, 4.69) is 27.4 Å². The Morgan fingerprint density at radius 3 is 2.39 bits per heavy atom. The van der Waals surface area contributed by atoms with Crippen LogP contribution in [0.1, 0.15) is 50.0 Å². The molecule has 38 heavy (non-hydrogen) atoms. The summed E-state index contributed by atoms with van der Waals surface area (Å²) in [6, 6.07) is 19.8. The number of para-hydroxylation sites is 1. The first-order valence-corrected chi connectivity index (χ1v) is 13.4. The van der Waals surface area contributed by atoms with Crippen LogP contribution in [-0.4, -0.2) is 59.1 Å². The molecule has 1 saturated heterocycles. The topological polar surface area (TPSA) is 106 Å². The molecule has 1 aliphatic carbocycles. The molecule has 2 fully saturated rings. The number of carbonyl (C=O) groups excluding carboxylic acids is 1. The van der Waals surface area contributed by atoms with Crippen LogP contribution in [0.5, 0.6) is 0 Å². The second-order valence-electron chi connectivity index (χ2n) is 10.6. The Morgan fingerprint density at radius 1 is 0.974 bits per heavy atom. The second kappa shape index (κ2) is 10.1. The lowest BCUT2D eigenvalue weighted by molar-refractivity contribution is -0.142. The van der Waals surface area contributed by atoms with Gasteiger partial charge in [-0.1, -0.05) is 66.6 Å². The van der Waals surface area contributed by atoms with Gasteiger partial charge in [0.15, 0.2) is 11.2 Å². The quantitative estimate of drug-likeness (QED) is 0.440. The molecule has 2 aliphatic rings. The number of rotatable bonds is 5. The van der Waals surface area contributed by atoms with E-state index in [1.165, 1.54) is 21.1 Å². The van der Waals surface area contributed by atoms with E-state index >= 15 is 0 Å². The third kappa shape index (κ3) is 4.62. The van der Waals surface area contributed by atoms with E-state index < -0.39 is 5.60 Å². The molecule has 0 unspecified atom stereocenters. The van der Waals surface area contributed by atoms with Gasteiger partial charge in [0, 0.05) is 19.0 Å². The molecule has 0 spiro atoms. The minimum atomic E-state index is -1.10. The van der Waals surface area contributed by atoms with Crippen LogP contribution in [0.15, 0.2) is 71.8 Å². The van der Waals surface area contributed by atoms with Gasteiger partial charge in [-0.2, -0.15) is 4.68 Å². The monoisotopic (exact) mass is 512 g/mol. The summed E-state index contributed by atoms with van der Waals surface area (Å²) in [6.07, 6.45) is 6.43. The molecule has 2 atom stereocenters. The van der Waals surface area contributed by atoms with Gasteiger partial charge in [-0.3, -0.25) is 14.2 Å². The Bertz CT molecular complexity index is 1470. The lowest BCUT2D eigenvalue weighted by Crippen LogP contribution is -2.51. The molecule has 1 saturated carbocycles.